The molecule has 0 aliphatic carbocycles. The molecule has 2 aromatic carbocycles. The van der Waals surface area contributed by atoms with Gasteiger partial charge >= 0.3 is 0 Å². The smallest absolute Gasteiger partial charge is 0.184 e. The van der Waals surface area contributed by atoms with Crippen molar-refractivity contribution in [2.45, 2.75) is 13.5 Å². The zero-order valence-electron chi connectivity index (χ0n) is 13.2. The van der Waals surface area contributed by atoms with Gasteiger partial charge in [0.25, 0.3) is 0 Å². The second-order valence-corrected chi connectivity index (χ2v) is 5.60. The summed E-state index contributed by atoms with van der Waals surface area (Å²) in [5.74, 6) is 1.26. The van der Waals surface area contributed by atoms with Crippen LogP contribution in [-0.2, 0) is 6.61 Å². The predicted molar refractivity (Wildman–Crippen MR) is 101 cm³/mol. The average Bonchev–Trinajstić information content (AvgIpc) is 2.55. The topological polar surface area (TPSA) is 68.9 Å². The van der Waals surface area contributed by atoms with Crippen LogP contribution in [0.3, 0.4) is 0 Å². The molecule has 2 aromatic rings. The van der Waals surface area contributed by atoms with Crippen molar-refractivity contribution in [1.29, 1.82) is 0 Å². The van der Waals surface area contributed by atoms with Gasteiger partial charge in [-0.15, -0.1) is 0 Å². The molecule has 0 aliphatic heterocycles. The van der Waals surface area contributed by atoms with E-state index in [1.165, 1.54) is 0 Å². The Labute approximate surface area is 151 Å². The SMILES string of the molecule is CCOc1cc(/C=N/NC(N)=S)ccc1OCc1ccccc1Cl. The van der Waals surface area contributed by atoms with Gasteiger partial charge in [0, 0.05) is 10.6 Å². The number of nitrogens with zero attached hydrogens (tertiary/aromatic N) is 1. The van der Waals surface area contributed by atoms with Crippen LogP contribution in [-0.4, -0.2) is 17.9 Å². The largest absolute Gasteiger partial charge is 0.490 e. The molecule has 0 bridgehead atoms. The highest BCUT2D eigenvalue weighted by molar-refractivity contribution is 7.80. The fourth-order valence-electron chi connectivity index (χ4n) is 1.93. The molecule has 0 amide bonds. The molecule has 0 aliphatic rings. The maximum atomic E-state index is 6.14. The lowest BCUT2D eigenvalue weighted by Crippen LogP contribution is -2.23. The molecule has 5 nitrogen and oxygen atoms in total. The van der Waals surface area contributed by atoms with Gasteiger partial charge in [0.1, 0.15) is 6.61 Å². The first-order valence-corrected chi connectivity index (χ1v) is 8.10. The van der Waals surface area contributed by atoms with Crippen molar-refractivity contribution >= 4 is 35.1 Å². The molecule has 0 atom stereocenters. The number of hydrogen-bond donors (Lipinski definition) is 2. The number of nitrogens with two attached hydrogens (primary N) is 1. The fourth-order valence-corrected chi connectivity index (χ4v) is 2.18. The number of rotatable bonds is 7. The summed E-state index contributed by atoms with van der Waals surface area (Å²) in [4.78, 5) is 0. The van der Waals surface area contributed by atoms with Crippen molar-refractivity contribution in [2.75, 3.05) is 6.61 Å². The summed E-state index contributed by atoms with van der Waals surface area (Å²) in [6, 6.07) is 13.1. The zero-order valence-corrected chi connectivity index (χ0v) is 14.7. The Kier molecular flexibility index (Phi) is 6.84. The highest BCUT2D eigenvalue weighted by Crippen LogP contribution is 2.29. The Bertz CT molecular complexity index is 738. The first-order valence-electron chi connectivity index (χ1n) is 7.31. The van der Waals surface area contributed by atoms with E-state index in [0.29, 0.717) is 29.7 Å². The third-order valence-corrected chi connectivity index (χ3v) is 3.46. The zero-order chi connectivity index (χ0) is 17.4. The van der Waals surface area contributed by atoms with Gasteiger partial charge in [0.15, 0.2) is 16.6 Å². The second-order valence-electron chi connectivity index (χ2n) is 4.75. The van der Waals surface area contributed by atoms with E-state index in [1.54, 1.807) is 6.21 Å². The number of nitrogens with one attached hydrogen (secondary N) is 1. The van der Waals surface area contributed by atoms with Crippen LogP contribution in [0.2, 0.25) is 5.02 Å². The van der Waals surface area contributed by atoms with Crippen molar-refractivity contribution in [3.63, 3.8) is 0 Å². The molecule has 24 heavy (non-hydrogen) atoms. The molecule has 0 saturated carbocycles. The fraction of sp³-hybridized carbons (Fsp3) is 0.176. The molecule has 3 N–H and O–H groups in total. The molecule has 7 heteroatoms. The normalized spacial score (nSPS) is 10.6. The summed E-state index contributed by atoms with van der Waals surface area (Å²) < 4.78 is 11.5. The first kappa shape index (κ1) is 18.0. The van der Waals surface area contributed by atoms with Gasteiger partial charge in [-0.25, -0.2) is 0 Å². The summed E-state index contributed by atoms with van der Waals surface area (Å²) in [5.41, 5.74) is 9.56. The molecule has 0 heterocycles. The van der Waals surface area contributed by atoms with E-state index < -0.39 is 0 Å². The lowest BCUT2D eigenvalue weighted by Gasteiger charge is -2.13. The molecular weight excluding hydrogens is 346 g/mol. The molecular formula is C17H18ClN3O2S. The maximum absolute atomic E-state index is 6.14. The van der Waals surface area contributed by atoms with Crippen LogP contribution in [0.5, 0.6) is 11.5 Å². The number of hydrazone groups is 1. The third-order valence-electron chi connectivity index (χ3n) is 3.00. The second kappa shape index (κ2) is 9.10. The minimum atomic E-state index is 0.107. The minimum Gasteiger partial charge on any atom is -0.490 e. The van der Waals surface area contributed by atoms with Crippen LogP contribution >= 0.6 is 23.8 Å². The Morgan fingerprint density at radius 3 is 2.75 bits per heavy atom. The maximum Gasteiger partial charge on any atom is 0.184 e. The van der Waals surface area contributed by atoms with Crippen LogP contribution in [0, 0.1) is 0 Å². The molecule has 0 saturated heterocycles. The van der Waals surface area contributed by atoms with E-state index in [-0.39, 0.29) is 5.11 Å². The average molecular weight is 364 g/mol. The van der Waals surface area contributed by atoms with Crippen LogP contribution in [0.25, 0.3) is 0 Å². The van der Waals surface area contributed by atoms with Gasteiger partial charge < -0.3 is 15.2 Å². The standard InChI is InChI=1S/C17H18ClN3O2S/c1-2-22-16-9-12(10-20-21-17(19)24)7-8-15(16)23-11-13-5-3-4-6-14(13)18/h3-10H,2,11H2,1H3,(H3,19,21,24)/b20-10+. The van der Waals surface area contributed by atoms with Crippen molar-refractivity contribution in [3.05, 3.63) is 58.6 Å². The van der Waals surface area contributed by atoms with E-state index >= 15 is 0 Å². The van der Waals surface area contributed by atoms with Crippen molar-refractivity contribution in [2.24, 2.45) is 10.8 Å². The molecule has 126 valence electrons. The van der Waals surface area contributed by atoms with E-state index in [1.807, 2.05) is 49.4 Å². The molecule has 2 rings (SSSR count). The highest BCUT2D eigenvalue weighted by Gasteiger charge is 2.07. The quantitative estimate of drug-likeness (QED) is 0.447. The van der Waals surface area contributed by atoms with E-state index in [2.05, 4.69) is 22.7 Å². The highest BCUT2D eigenvalue weighted by atomic mass is 35.5. The van der Waals surface area contributed by atoms with Gasteiger partial charge in [-0.3, -0.25) is 5.43 Å². The third kappa shape index (κ3) is 5.40. The van der Waals surface area contributed by atoms with E-state index in [0.717, 1.165) is 11.1 Å². The van der Waals surface area contributed by atoms with Crippen LogP contribution < -0.4 is 20.6 Å². The number of halogens is 1. The molecule has 0 unspecified atom stereocenters. The predicted octanol–water partition coefficient (Wildman–Crippen LogP) is 3.48. The van der Waals surface area contributed by atoms with Gasteiger partial charge in [-0.2, -0.15) is 5.10 Å². The Hall–Kier alpha value is -2.31. The Morgan fingerprint density at radius 1 is 1.25 bits per heavy atom. The van der Waals surface area contributed by atoms with Gasteiger partial charge in [0.05, 0.1) is 12.8 Å². The lowest BCUT2D eigenvalue weighted by atomic mass is 10.2. The van der Waals surface area contributed by atoms with Crippen molar-refractivity contribution in [1.82, 2.24) is 5.43 Å². The van der Waals surface area contributed by atoms with Crippen molar-refractivity contribution < 1.29 is 9.47 Å². The summed E-state index contributed by atoms with van der Waals surface area (Å²) >= 11 is 10.8. The summed E-state index contributed by atoms with van der Waals surface area (Å²) in [6.07, 6.45) is 1.60. The van der Waals surface area contributed by atoms with E-state index in [4.69, 9.17) is 26.8 Å². The molecule has 0 fully saturated rings. The van der Waals surface area contributed by atoms with Crippen LogP contribution in [0.15, 0.2) is 47.6 Å². The lowest BCUT2D eigenvalue weighted by molar-refractivity contribution is 0.269. The Balaban J connectivity index is 2.12. The number of benzene rings is 2. The molecule has 0 radical (unpaired) electrons. The van der Waals surface area contributed by atoms with Crippen LogP contribution in [0.1, 0.15) is 18.1 Å². The first-order chi connectivity index (χ1) is 11.6. The molecule has 0 aromatic heterocycles. The minimum absolute atomic E-state index is 0.107. The summed E-state index contributed by atoms with van der Waals surface area (Å²) in [7, 11) is 0. The number of hydrogen-bond acceptors (Lipinski definition) is 4. The number of thiocarbonyl (C=S) groups is 1. The van der Waals surface area contributed by atoms with Gasteiger partial charge in [0.2, 0.25) is 0 Å². The summed E-state index contributed by atoms with van der Waals surface area (Å²) in [6.45, 7) is 2.79. The van der Waals surface area contributed by atoms with Crippen LogP contribution in [0.4, 0.5) is 0 Å². The van der Waals surface area contributed by atoms with Crippen molar-refractivity contribution in [3.8, 4) is 11.5 Å². The number of ether oxygens (including phenoxy) is 2. The van der Waals surface area contributed by atoms with Gasteiger partial charge in [-0.05, 0) is 49.0 Å². The van der Waals surface area contributed by atoms with E-state index in [9.17, 15) is 0 Å². The Morgan fingerprint density at radius 2 is 2.04 bits per heavy atom. The monoisotopic (exact) mass is 363 g/mol. The summed E-state index contributed by atoms with van der Waals surface area (Å²) in [5, 5.41) is 4.70. The van der Waals surface area contributed by atoms with Gasteiger partial charge in [-0.1, -0.05) is 29.8 Å². The molecule has 0 spiro atoms.